The summed E-state index contributed by atoms with van der Waals surface area (Å²) in [5.41, 5.74) is -2.77. The molecule has 0 aromatic rings. The van der Waals surface area contributed by atoms with Crippen molar-refractivity contribution in [3.8, 4) is 0 Å². The van der Waals surface area contributed by atoms with E-state index in [4.69, 9.17) is 14.9 Å². The van der Waals surface area contributed by atoms with E-state index >= 15 is 0 Å². The molecular weight excluding hydrogens is 305 g/mol. The molecule has 0 aromatic carbocycles. The normalized spacial score (nSPS) is 16.5. The van der Waals surface area contributed by atoms with Crippen LogP contribution in [0.5, 0.6) is 0 Å². The molecule has 0 rings (SSSR count). The maximum atomic E-state index is 11.2. The van der Waals surface area contributed by atoms with Gasteiger partial charge in [-0.05, 0) is 6.42 Å². The van der Waals surface area contributed by atoms with Gasteiger partial charge in [-0.2, -0.15) is 0 Å². The minimum Gasteiger partial charge on any atom is -0.776 e. The molecule has 10 heteroatoms. The van der Waals surface area contributed by atoms with E-state index in [1.54, 1.807) is 0 Å². The van der Waals surface area contributed by atoms with Crippen LogP contribution in [0, 0.1) is 0 Å². The molecule has 0 aliphatic heterocycles. The predicted octanol–water partition coefficient (Wildman–Crippen LogP) is -1.63. The van der Waals surface area contributed by atoms with E-state index in [0.717, 1.165) is 32.1 Å². The summed E-state index contributed by atoms with van der Waals surface area (Å²) in [6.45, 7) is 1.92. The number of aliphatic hydroxyl groups excluding tert-OH is 1. The van der Waals surface area contributed by atoms with Crippen LogP contribution in [0.1, 0.15) is 45.4 Å². The third-order valence-electron chi connectivity index (χ3n) is 2.35. The van der Waals surface area contributed by atoms with Gasteiger partial charge in [0.25, 0.3) is 0 Å². The molecule has 0 heterocycles. The van der Waals surface area contributed by atoms with Crippen LogP contribution >= 0.6 is 15.2 Å². The first kappa shape index (κ1) is 22.5. The fourth-order valence-corrected chi connectivity index (χ4v) is 3.52. The number of hydrogen-bond acceptors (Lipinski definition) is 5. The van der Waals surface area contributed by atoms with Crippen molar-refractivity contribution >= 4 is 15.2 Å². The van der Waals surface area contributed by atoms with Crippen LogP contribution in [-0.2, 0) is 13.7 Å². The average molecular weight is 326 g/mol. The molecule has 2 unspecified atom stereocenters. The smallest absolute Gasteiger partial charge is 0.776 e. The van der Waals surface area contributed by atoms with Crippen molar-refractivity contribution in [2.24, 2.45) is 0 Å². The van der Waals surface area contributed by atoms with Crippen LogP contribution in [0.2, 0.25) is 0 Å². The monoisotopic (exact) mass is 326 g/mol. The van der Waals surface area contributed by atoms with Gasteiger partial charge < -0.3 is 28.9 Å². The summed E-state index contributed by atoms with van der Waals surface area (Å²) in [6, 6.07) is 0. The Morgan fingerprint density at radius 1 is 1.11 bits per heavy atom. The third-order valence-corrected chi connectivity index (χ3v) is 5.81. The Balaban J connectivity index is 0. The second-order valence-corrected chi connectivity index (χ2v) is 7.98. The summed E-state index contributed by atoms with van der Waals surface area (Å²) in [5.74, 6) is 0. The quantitative estimate of drug-likeness (QED) is 0.250. The number of rotatable bonds is 10. The summed E-state index contributed by atoms with van der Waals surface area (Å²) < 4.78 is 26.1. The zero-order valence-electron chi connectivity index (χ0n) is 11.4. The first-order valence-corrected chi connectivity index (χ1v) is 9.19. The topological polar surface area (TPSA) is 127 Å². The fourth-order valence-electron chi connectivity index (χ4n) is 1.33. The van der Waals surface area contributed by atoms with Gasteiger partial charge in [0.05, 0.1) is 6.61 Å². The second-order valence-electron chi connectivity index (χ2n) is 4.08. The summed E-state index contributed by atoms with van der Waals surface area (Å²) in [7, 11) is -10.0. The molecule has 0 bridgehead atoms. The zero-order chi connectivity index (χ0) is 14.2. The van der Waals surface area contributed by atoms with Crippen LogP contribution in [-0.4, -0.2) is 27.1 Å². The van der Waals surface area contributed by atoms with E-state index in [9.17, 15) is 14.0 Å². The van der Waals surface area contributed by atoms with Gasteiger partial charge >= 0.3 is 37.2 Å². The molecular formula is C9H21NaO7P2. The Hall–Kier alpha value is 1.26. The largest absolute Gasteiger partial charge is 1.00 e. The van der Waals surface area contributed by atoms with Gasteiger partial charge in [0.1, 0.15) is 0 Å². The Bertz CT molecular complexity index is 320. The van der Waals surface area contributed by atoms with Crippen molar-refractivity contribution in [1.82, 2.24) is 0 Å². The average Bonchev–Trinajstić information content (AvgIpc) is 2.25. The molecule has 3 N–H and O–H groups in total. The van der Waals surface area contributed by atoms with E-state index in [1.165, 1.54) is 0 Å². The van der Waals surface area contributed by atoms with E-state index in [0.29, 0.717) is 6.42 Å². The molecule has 0 fully saturated rings. The van der Waals surface area contributed by atoms with Crippen LogP contribution in [0.25, 0.3) is 0 Å². The van der Waals surface area contributed by atoms with Crippen molar-refractivity contribution in [3.05, 3.63) is 0 Å². The molecule has 0 saturated heterocycles. The summed E-state index contributed by atoms with van der Waals surface area (Å²) in [5, 5.41) is 8.92. The standard InChI is InChI=1S/C9H22O7P2.Na/c1-2-3-4-5-6-7-8-16-18(14,15)9(10)17(11,12)13;/h9-10H,2-8H2,1H3,(H,14,15)(H2,11,12,13);/q;+1/p-1. The SMILES string of the molecule is CCCCCCCCOP(=O)([O-])C(O)P(=O)(O)O.[Na+]. The minimum atomic E-state index is -5.09. The molecule has 110 valence electrons. The van der Waals surface area contributed by atoms with Gasteiger partial charge in [-0.3, -0.25) is 4.57 Å². The molecule has 0 aliphatic rings. The van der Waals surface area contributed by atoms with Gasteiger partial charge in [0.2, 0.25) is 5.59 Å². The molecule has 0 aliphatic carbocycles. The van der Waals surface area contributed by atoms with Gasteiger partial charge in [0.15, 0.2) is 7.60 Å². The summed E-state index contributed by atoms with van der Waals surface area (Å²) >= 11 is 0. The van der Waals surface area contributed by atoms with Crippen LogP contribution < -0.4 is 34.5 Å². The van der Waals surface area contributed by atoms with Crippen LogP contribution in [0.4, 0.5) is 0 Å². The first-order chi connectivity index (χ1) is 8.22. The first-order valence-electron chi connectivity index (χ1n) is 5.90. The van der Waals surface area contributed by atoms with Crippen molar-refractivity contribution in [1.29, 1.82) is 0 Å². The maximum Gasteiger partial charge on any atom is 1.00 e. The number of unbranched alkanes of at least 4 members (excludes halogenated alkanes) is 5. The van der Waals surface area contributed by atoms with E-state index in [2.05, 4.69) is 11.4 Å². The van der Waals surface area contributed by atoms with Crippen molar-refractivity contribution < 1.29 is 63.0 Å². The Morgan fingerprint density at radius 3 is 2.05 bits per heavy atom. The Labute approximate surface area is 135 Å². The minimum absolute atomic E-state index is 0. The van der Waals surface area contributed by atoms with Crippen LogP contribution in [0.15, 0.2) is 0 Å². The zero-order valence-corrected chi connectivity index (χ0v) is 15.2. The van der Waals surface area contributed by atoms with E-state index in [1.807, 2.05) is 0 Å². The van der Waals surface area contributed by atoms with Gasteiger partial charge in [-0.15, -0.1) is 0 Å². The van der Waals surface area contributed by atoms with E-state index < -0.39 is 20.8 Å². The maximum absolute atomic E-state index is 11.2. The molecule has 19 heavy (non-hydrogen) atoms. The molecule has 2 atom stereocenters. The van der Waals surface area contributed by atoms with Gasteiger partial charge in [-0.1, -0.05) is 39.0 Å². The Kier molecular flexibility index (Phi) is 12.9. The molecule has 7 nitrogen and oxygen atoms in total. The summed E-state index contributed by atoms with van der Waals surface area (Å²) in [4.78, 5) is 28.2. The predicted molar refractivity (Wildman–Crippen MR) is 65.0 cm³/mol. The van der Waals surface area contributed by atoms with Crippen molar-refractivity contribution in [2.45, 2.75) is 51.0 Å². The van der Waals surface area contributed by atoms with E-state index in [-0.39, 0.29) is 36.2 Å². The van der Waals surface area contributed by atoms with Gasteiger partial charge in [0, 0.05) is 0 Å². The molecule has 0 amide bonds. The van der Waals surface area contributed by atoms with Gasteiger partial charge in [-0.25, -0.2) is 0 Å². The molecule has 0 saturated carbocycles. The fraction of sp³-hybridized carbons (Fsp3) is 1.00. The second kappa shape index (κ2) is 10.9. The molecule has 0 spiro atoms. The summed E-state index contributed by atoms with van der Waals surface area (Å²) in [6.07, 6.45) is 5.52. The Morgan fingerprint density at radius 2 is 1.58 bits per heavy atom. The third kappa shape index (κ3) is 10.6. The van der Waals surface area contributed by atoms with Crippen LogP contribution in [0.3, 0.4) is 0 Å². The van der Waals surface area contributed by atoms with Crippen molar-refractivity contribution in [2.75, 3.05) is 6.61 Å². The van der Waals surface area contributed by atoms with Crippen molar-refractivity contribution in [3.63, 3.8) is 0 Å². The number of hydrogen-bond donors (Lipinski definition) is 3. The number of aliphatic hydroxyl groups is 1. The molecule has 0 radical (unpaired) electrons. The molecule has 0 aromatic heterocycles.